The van der Waals surface area contributed by atoms with Crippen molar-refractivity contribution in [2.75, 3.05) is 13.1 Å². The molecule has 2 aromatic rings. The molecular formula is C24H31FN2O. The molecule has 28 heavy (non-hydrogen) atoms. The molecular weight excluding hydrogens is 351 g/mol. The summed E-state index contributed by atoms with van der Waals surface area (Å²) in [5.41, 5.74) is 3.04. The number of hydrogen-bond acceptors (Lipinski definition) is 2. The number of aryl methyl sites for hydroxylation is 1. The van der Waals surface area contributed by atoms with Crippen LogP contribution in [0.3, 0.4) is 0 Å². The van der Waals surface area contributed by atoms with Crippen molar-refractivity contribution in [3.05, 3.63) is 71.0 Å². The number of carbonyl (C=O) groups is 1. The summed E-state index contributed by atoms with van der Waals surface area (Å²) in [5, 5.41) is 3.15. The monoisotopic (exact) mass is 382 g/mol. The van der Waals surface area contributed by atoms with E-state index in [4.69, 9.17) is 0 Å². The zero-order valence-corrected chi connectivity index (χ0v) is 17.1. The average molecular weight is 383 g/mol. The quantitative estimate of drug-likeness (QED) is 0.788. The van der Waals surface area contributed by atoms with Crippen molar-refractivity contribution in [3.8, 4) is 0 Å². The fraction of sp³-hybridized carbons (Fsp3) is 0.458. The Morgan fingerprint density at radius 1 is 1.21 bits per heavy atom. The van der Waals surface area contributed by atoms with E-state index < -0.39 is 0 Å². The van der Waals surface area contributed by atoms with Crippen molar-refractivity contribution in [1.82, 2.24) is 10.2 Å². The molecule has 0 bridgehead atoms. The molecule has 1 aliphatic heterocycles. The van der Waals surface area contributed by atoms with Gasteiger partial charge < -0.3 is 5.32 Å². The lowest BCUT2D eigenvalue weighted by molar-refractivity contribution is -0.127. The van der Waals surface area contributed by atoms with E-state index in [9.17, 15) is 9.18 Å². The summed E-state index contributed by atoms with van der Waals surface area (Å²) in [6.07, 6.45) is 1.73. The normalized spacial score (nSPS) is 21.3. The number of nitrogens with zero attached hydrogens (tertiary/aromatic N) is 1. The lowest BCUT2D eigenvalue weighted by Crippen LogP contribution is -2.47. The topological polar surface area (TPSA) is 32.3 Å². The number of rotatable bonds is 6. The van der Waals surface area contributed by atoms with Gasteiger partial charge in [-0.25, -0.2) is 4.39 Å². The van der Waals surface area contributed by atoms with E-state index >= 15 is 0 Å². The Hall–Kier alpha value is -2.20. The Kier molecular flexibility index (Phi) is 6.84. The highest BCUT2D eigenvalue weighted by molar-refractivity contribution is 5.79. The van der Waals surface area contributed by atoms with E-state index in [0.717, 1.165) is 38.0 Å². The summed E-state index contributed by atoms with van der Waals surface area (Å²) >= 11 is 0. The van der Waals surface area contributed by atoms with Gasteiger partial charge in [0.05, 0.1) is 5.92 Å². The molecule has 1 fully saturated rings. The van der Waals surface area contributed by atoms with Gasteiger partial charge in [-0.3, -0.25) is 9.69 Å². The molecule has 1 saturated heterocycles. The third-order valence-corrected chi connectivity index (χ3v) is 5.80. The number of halogens is 1. The minimum absolute atomic E-state index is 0.0539. The van der Waals surface area contributed by atoms with Gasteiger partial charge in [-0.05, 0) is 55.4 Å². The van der Waals surface area contributed by atoms with Gasteiger partial charge in [-0.15, -0.1) is 0 Å². The summed E-state index contributed by atoms with van der Waals surface area (Å²) in [6, 6.07) is 15.9. The number of nitrogens with one attached hydrogen (secondary N) is 1. The van der Waals surface area contributed by atoms with E-state index in [1.165, 1.54) is 5.56 Å². The predicted octanol–water partition coefficient (Wildman–Crippen LogP) is 4.65. The number of carbonyl (C=O) groups excluding carboxylic acids is 1. The molecule has 0 radical (unpaired) electrons. The summed E-state index contributed by atoms with van der Waals surface area (Å²) < 4.78 is 13.7. The molecule has 0 spiro atoms. The van der Waals surface area contributed by atoms with Gasteiger partial charge in [0.2, 0.25) is 5.91 Å². The second kappa shape index (κ2) is 9.33. The zero-order chi connectivity index (χ0) is 20.1. The SMILES string of the molecule is CCC(C)NC(=O)C1CC(c2ccc(F)c(C)c2)CN(Cc2ccccc2)C1. The van der Waals surface area contributed by atoms with Crippen LogP contribution < -0.4 is 5.32 Å². The molecule has 3 nitrogen and oxygen atoms in total. The first-order valence-electron chi connectivity index (χ1n) is 10.3. The van der Waals surface area contributed by atoms with Crippen molar-refractivity contribution in [2.45, 2.75) is 52.1 Å². The zero-order valence-electron chi connectivity index (χ0n) is 17.1. The maximum atomic E-state index is 13.7. The first-order valence-corrected chi connectivity index (χ1v) is 10.3. The number of hydrogen-bond donors (Lipinski definition) is 1. The standard InChI is InChI=1S/C24H31FN2O/c1-4-18(3)26-24(28)22-13-21(20-10-11-23(25)17(2)12-20)15-27(16-22)14-19-8-6-5-7-9-19/h5-12,18,21-22H,4,13-16H2,1-3H3,(H,26,28). The van der Waals surface area contributed by atoms with Crippen LogP contribution in [0.25, 0.3) is 0 Å². The predicted molar refractivity (Wildman–Crippen MR) is 112 cm³/mol. The van der Waals surface area contributed by atoms with E-state index in [2.05, 4.69) is 29.3 Å². The van der Waals surface area contributed by atoms with Crippen molar-refractivity contribution < 1.29 is 9.18 Å². The minimum Gasteiger partial charge on any atom is -0.353 e. The highest BCUT2D eigenvalue weighted by Crippen LogP contribution is 2.32. The van der Waals surface area contributed by atoms with Crippen LogP contribution in [0.2, 0.25) is 0 Å². The molecule has 1 aliphatic rings. The maximum Gasteiger partial charge on any atom is 0.224 e. The van der Waals surface area contributed by atoms with Gasteiger partial charge in [0.1, 0.15) is 5.82 Å². The van der Waals surface area contributed by atoms with Crippen molar-refractivity contribution in [3.63, 3.8) is 0 Å². The van der Waals surface area contributed by atoms with Crippen LogP contribution in [-0.2, 0) is 11.3 Å². The van der Waals surface area contributed by atoms with Crippen LogP contribution in [0, 0.1) is 18.7 Å². The Balaban J connectivity index is 1.80. The molecule has 1 amide bonds. The van der Waals surface area contributed by atoms with Gasteiger partial charge in [0.15, 0.2) is 0 Å². The largest absolute Gasteiger partial charge is 0.353 e. The van der Waals surface area contributed by atoms with E-state index in [1.54, 1.807) is 13.0 Å². The number of piperidine rings is 1. The Morgan fingerprint density at radius 3 is 2.64 bits per heavy atom. The second-order valence-corrected chi connectivity index (χ2v) is 8.14. The number of amides is 1. The molecule has 1 N–H and O–H groups in total. The third-order valence-electron chi connectivity index (χ3n) is 5.80. The molecule has 4 heteroatoms. The first-order chi connectivity index (χ1) is 13.5. The number of benzene rings is 2. The summed E-state index contributed by atoms with van der Waals surface area (Å²) in [7, 11) is 0. The fourth-order valence-corrected chi connectivity index (χ4v) is 3.98. The Labute approximate surface area is 167 Å². The van der Waals surface area contributed by atoms with Crippen LogP contribution in [-0.4, -0.2) is 29.9 Å². The van der Waals surface area contributed by atoms with Crippen molar-refractivity contribution in [2.24, 2.45) is 5.92 Å². The van der Waals surface area contributed by atoms with Crippen LogP contribution in [0.1, 0.15) is 49.3 Å². The Morgan fingerprint density at radius 2 is 1.96 bits per heavy atom. The molecule has 0 saturated carbocycles. The lowest BCUT2D eigenvalue weighted by Gasteiger charge is -2.38. The van der Waals surface area contributed by atoms with E-state index in [-0.39, 0.29) is 29.6 Å². The summed E-state index contributed by atoms with van der Waals surface area (Å²) in [4.78, 5) is 15.2. The van der Waals surface area contributed by atoms with Gasteiger partial charge in [0.25, 0.3) is 0 Å². The molecule has 3 atom stereocenters. The van der Waals surface area contributed by atoms with Crippen LogP contribution >= 0.6 is 0 Å². The maximum absolute atomic E-state index is 13.7. The van der Waals surface area contributed by atoms with Crippen LogP contribution in [0.4, 0.5) is 4.39 Å². The van der Waals surface area contributed by atoms with E-state index in [0.29, 0.717) is 5.56 Å². The number of likely N-dealkylation sites (tertiary alicyclic amines) is 1. The second-order valence-electron chi connectivity index (χ2n) is 8.14. The minimum atomic E-state index is -0.174. The molecule has 1 heterocycles. The van der Waals surface area contributed by atoms with Crippen molar-refractivity contribution in [1.29, 1.82) is 0 Å². The van der Waals surface area contributed by atoms with Gasteiger partial charge in [0, 0.05) is 25.7 Å². The smallest absolute Gasteiger partial charge is 0.224 e. The highest BCUT2D eigenvalue weighted by atomic mass is 19.1. The van der Waals surface area contributed by atoms with Gasteiger partial charge >= 0.3 is 0 Å². The lowest BCUT2D eigenvalue weighted by atomic mass is 9.83. The Bertz CT molecular complexity index is 792. The molecule has 3 rings (SSSR count). The van der Waals surface area contributed by atoms with Gasteiger partial charge in [-0.1, -0.05) is 49.4 Å². The molecule has 0 aliphatic carbocycles. The fourth-order valence-electron chi connectivity index (χ4n) is 3.98. The molecule has 3 unspecified atom stereocenters. The van der Waals surface area contributed by atoms with Gasteiger partial charge in [-0.2, -0.15) is 0 Å². The van der Waals surface area contributed by atoms with Crippen LogP contribution in [0.15, 0.2) is 48.5 Å². The van der Waals surface area contributed by atoms with Crippen molar-refractivity contribution >= 4 is 5.91 Å². The summed E-state index contributed by atoms with van der Waals surface area (Å²) in [5.74, 6) is 0.133. The first kappa shape index (κ1) is 20.5. The highest BCUT2D eigenvalue weighted by Gasteiger charge is 2.32. The average Bonchev–Trinajstić information content (AvgIpc) is 2.70. The molecule has 2 aromatic carbocycles. The molecule has 150 valence electrons. The third kappa shape index (κ3) is 5.20. The van der Waals surface area contributed by atoms with Crippen LogP contribution in [0.5, 0.6) is 0 Å². The van der Waals surface area contributed by atoms with E-state index in [1.807, 2.05) is 37.3 Å². The molecule has 0 aromatic heterocycles. The summed E-state index contributed by atoms with van der Waals surface area (Å²) in [6.45, 7) is 8.39.